The molecule has 0 spiro atoms. The van der Waals surface area contributed by atoms with Gasteiger partial charge in [-0.05, 0) is 67.8 Å². The number of carbonyl (C=O) groups excluding carboxylic acids is 3. The summed E-state index contributed by atoms with van der Waals surface area (Å²) >= 11 is 0. The molecule has 0 aromatic rings. The lowest BCUT2D eigenvalue weighted by atomic mass is 9.45. The van der Waals surface area contributed by atoms with Crippen molar-refractivity contribution in [3.05, 3.63) is 11.6 Å². The molecule has 5 aliphatic rings. The predicted molar refractivity (Wildman–Crippen MR) is 174 cm³/mol. The zero-order chi connectivity index (χ0) is 38.5. The third kappa shape index (κ3) is 7.81. The molecule has 290 valence electrons. The smallest absolute Gasteiger partial charge is 0.364 e. The first kappa shape index (κ1) is 41.4. The van der Waals surface area contributed by atoms with E-state index in [9.17, 15) is 58.2 Å². The third-order valence-electron chi connectivity index (χ3n) is 12.1. The fraction of sp³-hybridized carbons (Fsp3) is 0.818. The van der Waals surface area contributed by atoms with E-state index in [0.717, 1.165) is 38.0 Å². The molecule has 3 saturated carbocycles. The lowest BCUT2D eigenvalue weighted by molar-refractivity contribution is -0.295. The van der Waals surface area contributed by atoms with Crippen LogP contribution in [0.25, 0.3) is 0 Å². The van der Waals surface area contributed by atoms with E-state index in [1.165, 1.54) is 0 Å². The molecule has 17 nitrogen and oxygen atoms in total. The van der Waals surface area contributed by atoms with Gasteiger partial charge in [0, 0.05) is 25.2 Å². The Kier molecular flexibility index (Phi) is 12.0. The monoisotopic (exact) mass is 749 g/mol. The molecule has 1 amide bonds. The van der Waals surface area contributed by atoms with Gasteiger partial charge in [0.05, 0.1) is 31.1 Å². The maximum Gasteiger partial charge on any atom is 0.364 e. The number of amides is 1. The normalized spacial score (nSPS) is 41.7. The molecule has 1 aliphatic heterocycles. The summed E-state index contributed by atoms with van der Waals surface area (Å²) in [7, 11) is -3.80. The number of allylic oxidation sites excluding steroid dienone is 1. The standard InChI is InChI=1S/C22H32O7S.C11H19NO9/c1-20-8-6-14(23)10-13(20)4-5-15-16-7-9-22(26,18(25)12-29-30(3,27)28)21(16,2)11-17(24)19(15)20;1-4(14)12-7-5(15)2-11(20,10(18)19)21-9(7)8(17)6(16)3-13/h10,15-17,19,24,26H,4-9,11-12H2,1-3H3;5-9,13,15-17,20H,2-3H2,1H3,(H,12,14)(H,18,19)/t15-,16-,17-,19+,20-,21-,22-;5-,6+,7+,8+,9+,11?/m00/s1. The van der Waals surface area contributed by atoms with Crippen molar-refractivity contribution < 1.29 is 77.4 Å². The van der Waals surface area contributed by atoms with Gasteiger partial charge in [-0.2, -0.15) is 8.42 Å². The van der Waals surface area contributed by atoms with Gasteiger partial charge in [0.25, 0.3) is 15.9 Å². The van der Waals surface area contributed by atoms with E-state index in [-0.39, 0.29) is 41.8 Å². The highest BCUT2D eigenvalue weighted by Crippen LogP contribution is 2.67. The van der Waals surface area contributed by atoms with Gasteiger partial charge >= 0.3 is 5.97 Å². The first-order valence-corrected chi connectivity index (χ1v) is 18.8. The molecular formula is C33H51NO16S. The molecular weight excluding hydrogens is 698 g/mol. The molecule has 1 heterocycles. The van der Waals surface area contributed by atoms with Crippen LogP contribution in [-0.4, -0.2) is 140 Å². The molecule has 4 aliphatic carbocycles. The number of carbonyl (C=O) groups is 4. The van der Waals surface area contributed by atoms with Gasteiger partial charge in [0.2, 0.25) is 5.91 Å². The number of aliphatic hydroxyl groups excluding tert-OH is 5. The van der Waals surface area contributed by atoms with Gasteiger partial charge in [-0.3, -0.25) is 18.6 Å². The number of carboxylic acid groups (broad SMARTS) is 1. The lowest BCUT2D eigenvalue weighted by Crippen LogP contribution is -2.67. The highest BCUT2D eigenvalue weighted by molar-refractivity contribution is 7.86. The fourth-order valence-corrected chi connectivity index (χ4v) is 9.89. The first-order valence-electron chi connectivity index (χ1n) is 17.0. The van der Waals surface area contributed by atoms with E-state index in [2.05, 4.69) is 16.4 Å². The topological polar surface area (TPSA) is 295 Å². The van der Waals surface area contributed by atoms with Crippen molar-refractivity contribution in [2.24, 2.45) is 28.6 Å². The average molecular weight is 750 g/mol. The number of carboxylic acids is 1. The van der Waals surface area contributed by atoms with Crippen LogP contribution in [0.1, 0.15) is 72.1 Å². The number of hydrogen-bond donors (Lipinski definition) is 9. The summed E-state index contributed by atoms with van der Waals surface area (Å²) in [6.45, 7) is 3.58. The Morgan fingerprint density at radius 2 is 1.71 bits per heavy atom. The Morgan fingerprint density at radius 3 is 2.27 bits per heavy atom. The van der Waals surface area contributed by atoms with Gasteiger partial charge in [0.1, 0.15) is 30.5 Å². The van der Waals surface area contributed by atoms with E-state index in [1.807, 2.05) is 6.92 Å². The second-order valence-corrected chi connectivity index (χ2v) is 16.9. The first-order chi connectivity index (χ1) is 23.4. The van der Waals surface area contributed by atoms with E-state index < -0.39 is 101 Å². The van der Waals surface area contributed by atoms with Crippen molar-refractivity contribution in [3.8, 4) is 0 Å². The molecule has 13 atom stereocenters. The second kappa shape index (κ2) is 14.8. The van der Waals surface area contributed by atoms with Gasteiger partial charge in [-0.25, -0.2) is 4.79 Å². The number of ether oxygens (including phenoxy) is 1. The Morgan fingerprint density at radius 1 is 1.06 bits per heavy atom. The van der Waals surface area contributed by atoms with Crippen molar-refractivity contribution >= 4 is 33.6 Å². The zero-order valence-corrected chi connectivity index (χ0v) is 29.9. The fourth-order valence-electron chi connectivity index (χ4n) is 9.57. The molecule has 9 N–H and O–H groups in total. The van der Waals surface area contributed by atoms with Crippen LogP contribution >= 0.6 is 0 Å². The van der Waals surface area contributed by atoms with Gasteiger partial charge in [0.15, 0.2) is 11.6 Å². The lowest BCUT2D eigenvalue weighted by Gasteiger charge is -2.60. The SMILES string of the molecule is CC(=O)N[C@H]1[C@H]([C@H](O)[C@H](O)CO)OC(O)(C(=O)O)C[C@@H]1O.C[C@]12CCC(=O)C=C1CC[C@@H]1[C@@H]2[C@@H](O)C[C@@]2(C)[C@H]1CC[C@]2(O)C(=O)COS(C)(=O)=O. The van der Waals surface area contributed by atoms with Gasteiger partial charge in [-0.15, -0.1) is 0 Å². The Bertz CT molecular complexity index is 1520. The molecule has 4 fully saturated rings. The number of hydrogen-bond acceptors (Lipinski definition) is 15. The second-order valence-electron chi connectivity index (χ2n) is 15.3. The van der Waals surface area contributed by atoms with Gasteiger partial charge < -0.3 is 50.9 Å². The number of aliphatic hydroxyl groups is 7. The number of Topliss-reactive ketones (excluding diaryl/α,β-unsaturated/α-hetero) is 1. The van der Waals surface area contributed by atoms with Crippen LogP contribution in [0.2, 0.25) is 0 Å². The summed E-state index contributed by atoms with van der Waals surface area (Å²) in [4.78, 5) is 47.0. The third-order valence-corrected chi connectivity index (χ3v) is 12.7. The average Bonchev–Trinajstić information content (AvgIpc) is 3.30. The highest BCUT2D eigenvalue weighted by Gasteiger charge is 2.68. The van der Waals surface area contributed by atoms with Crippen molar-refractivity contribution in [2.45, 2.75) is 120 Å². The minimum absolute atomic E-state index is 0.00611. The van der Waals surface area contributed by atoms with E-state index in [1.54, 1.807) is 6.08 Å². The molecule has 51 heavy (non-hydrogen) atoms. The van der Waals surface area contributed by atoms with Crippen LogP contribution in [0.4, 0.5) is 0 Å². The Balaban J connectivity index is 0.000000245. The van der Waals surface area contributed by atoms with Crippen LogP contribution in [0, 0.1) is 28.6 Å². The number of rotatable bonds is 9. The minimum atomic E-state index is -3.80. The summed E-state index contributed by atoms with van der Waals surface area (Å²) in [5.74, 6) is -5.46. The maximum absolute atomic E-state index is 12.9. The largest absolute Gasteiger partial charge is 0.477 e. The van der Waals surface area contributed by atoms with Crippen molar-refractivity contribution in [1.29, 1.82) is 0 Å². The summed E-state index contributed by atoms with van der Waals surface area (Å²) in [6.07, 6.45) is -1.53. The summed E-state index contributed by atoms with van der Waals surface area (Å²) in [5.41, 5.74) is -1.66. The molecule has 18 heteroatoms. The maximum atomic E-state index is 12.9. The van der Waals surface area contributed by atoms with E-state index in [0.29, 0.717) is 12.8 Å². The molecule has 5 rings (SSSR count). The van der Waals surface area contributed by atoms with Crippen LogP contribution in [0.3, 0.4) is 0 Å². The van der Waals surface area contributed by atoms with E-state index in [4.69, 9.17) is 14.9 Å². The number of nitrogens with one attached hydrogen (secondary N) is 1. The van der Waals surface area contributed by atoms with Crippen molar-refractivity contribution in [2.75, 3.05) is 19.5 Å². The van der Waals surface area contributed by atoms with Crippen LogP contribution in [-0.2, 0) is 38.2 Å². The van der Waals surface area contributed by atoms with Crippen LogP contribution in [0.5, 0.6) is 0 Å². The number of aliphatic carboxylic acids is 1. The zero-order valence-electron chi connectivity index (χ0n) is 29.1. The Hall–Kier alpha value is -2.39. The highest BCUT2D eigenvalue weighted by atomic mass is 32.2. The Labute approximate surface area is 295 Å². The molecule has 0 aromatic heterocycles. The van der Waals surface area contributed by atoms with Crippen molar-refractivity contribution in [1.82, 2.24) is 5.32 Å². The summed E-state index contributed by atoms with van der Waals surface area (Å²) < 4.78 is 32.2. The van der Waals surface area contributed by atoms with Crippen LogP contribution in [0.15, 0.2) is 11.6 Å². The quantitative estimate of drug-likeness (QED) is 0.114. The molecule has 1 unspecified atom stereocenters. The number of ketones is 2. The molecule has 0 radical (unpaired) electrons. The molecule has 1 saturated heterocycles. The van der Waals surface area contributed by atoms with Gasteiger partial charge in [-0.1, -0.05) is 19.4 Å². The number of fused-ring (bicyclic) bond motifs is 5. The van der Waals surface area contributed by atoms with Crippen LogP contribution < -0.4 is 5.32 Å². The predicted octanol–water partition coefficient (Wildman–Crippen LogP) is -2.11. The summed E-state index contributed by atoms with van der Waals surface area (Å²) in [5, 5.41) is 81.7. The molecule has 0 aromatic carbocycles. The van der Waals surface area contributed by atoms with E-state index >= 15 is 0 Å². The minimum Gasteiger partial charge on any atom is -0.477 e. The summed E-state index contributed by atoms with van der Waals surface area (Å²) in [6, 6.07) is -1.27. The van der Waals surface area contributed by atoms with Crippen molar-refractivity contribution in [3.63, 3.8) is 0 Å². The molecule has 0 bridgehead atoms.